The number of esters is 1. The molecule has 2 aromatic heterocycles. The fourth-order valence-electron chi connectivity index (χ4n) is 2.63. The number of carbonyl (C=O) groups is 1. The van der Waals surface area contributed by atoms with Crippen molar-refractivity contribution in [2.45, 2.75) is 13.0 Å². The average Bonchev–Trinajstić information content (AvgIpc) is 3.22. The van der Waals surface area contributed by atoms with Gasteiger partial charge in [-0.15, -0.1) is 0 Å². The Morgan fingerprint density at radius 3 is 2.54 bits per heavy atom. The minimum Gasteiger partial charge on any atom is -0.454 e. The molecule has 0 spiro atoms. The van der Waals surface area contributed by atoms with Crippen molar-refractivity contribution in [3.05, 3.63) is 78.6 Å². The van der Waals surface area contributed by atoms with Crippen LogP contribution in [-0.2, 0) is 4.74 Å². The van der Waals surface area contributed by atoms with Gasteiger partial charge in [-0.05, 0) is 42.8 Å². The number of fused-ring (bicyclic) bond motifs is 1. The van der Waals surface area contributed by atoms with Crippen LogP contribution in [0.5, 0.6) is 0 Å². The lowest BCUT2D eigenvalue weighted by molar-refractivity contribution is 0.0338. The summed E-state index contributed by atoms with van der Waals surface area (Å²) in [5, 5.41) is 4.08. The number of hydrogen-bond acceptors (Lipinski definition) is 6. The van der Waals surface area contributed by atoms with Gasteiger partial charge in [-0.1, -0.05) is 12.1 Å². The summed E-state index contributed by atoms with van der Waals surface area (Å²) < 4.78 is 7.24. The predicted octanol–water partition coefficient (Wildman–Crippen LogP) is 3.13. The van der Waals surface area contributed by atoms with E-state index in [0.29, 0.717) is 11.1 Å². The zero-order valence-corrected chi connectivity index (χ0v) is 14.0. The number of benzene rings is 2. The Kier molecular flexibility index (Phi) is 4.10. The smallest absolute Gasteiger partial charge is 0.338 e. The molecule has 2 heterocycles. The molecule has 0 aliphatic carbocycles. The molecule has 0 aliphatic heterocycles. The molecule has 0 radical (unpaired) electrons. The maximum Gasteiger partial charge on any atom is 0.338 e. The van der Waals surface area contributed by atoms with Crippen molar-refractivity contribution in [2.24, 2.45) is 0 Å². The van der Waals surface area contributed by atoms with Gasteiger partial charge in [0.15, 0.2) is 0 Å². The minimum atomic E-state index is -0.398. The summed E-state index contributed by atoms with van der Waals surface area (Å²) in [6.45, 7) is 1.84. The average molecular weight is 345 g/mol. The summed E-state index contributed by atoms with van der Waals surface area (Å²) in [7, 11) is 0. The molecule has 0 amide bonds. The van der Waals surface area contributed by atoms with E-state index in [2.05, 4.69) is 20.1 Å². The maximum absolute atomic E-state index is 12.4. The Labute approximate surface area is 149 Å². The molecule has 2 aromatic carbocycles. The molecule has 0 saturated heterocycles. The van der Waals surface area contributed by atoms with Crippen LogP contribution in [0.15, 0.2) is 67.5 Å². The highest BCUT2D eigenvalue weighted by molar-refractivity contribution is 5.93. The number of carbonyl (C=O) groups excluding carboxylic acids is 1. The number of aromatic nitrogens is 5. The highest BCUT2D eigenvalue weighted by atomic mass is 16.5. The summed E-state index contributed by atoms with van der Waals surface area (Å²) >= 11 is 0. The second kappa shape index (κ2) is 6.72. The highest BCUT2D eigenvalue weighted by Gasteiger charge is 2.15. The van der Waals surface area contributed by atoms with E-state index < -0.39 is 5.97 Å². The molecular weight excluding hydrogens is 330 g/mol. The quantitative estimate of drug-likeness (QED) is 0.529. The lowest BCUT2D eigenvalue weighted by atomic mass is 10.1. The standard InChI is InChI=1S/C19H15N5O2/c1-13(14-2-5-16(6-3-14)24-12-20-11-23-24)26-19(25)15-4-7-17-18(10-15)22-9-8-21-17/h2-13H,1H3/t13-/m0/s1. The SMILES string of the molecule is C[C@H](OC(=O)c1ccc2nccnc2c1)c1ccc(-n2cncn2)cc1. The van der Waals surface area contributed by atoms with E-state index in [9.17, 15) is 4.79 Å². The van der Waals surface area contributed by atoms with E-state index >= 15 is 0 Å². The number of nitrogens with zero attached hydrogens (tertiary/aromatic N) is 5. The first-order valence-electron chi connectivity index (χ1n) is 8.07. The first-order valence-corrected chi connectivity index (χ1v) is 8.07. The Morgan fingerprint density at radius 1 is 1.04 bits per heavy atom. The fraction of sp³-hybridized carbons (Fsp3) is 0.105. The maximum atomic E-state index is 12.4. The summed E-state index contributed by atoms with van der Waals surface area (Å²) in [5.41, 5.74) is 3.62. The van der Waals surface area contributed by atoms with E-state index in [1.54, 1.807) is 41.6 Å². The van der Waals surface area contributed by atoms with Crippen LogP contribution < -0.4 is 0 Å². The van der Waals surface area contributed by atoms with Crippen molar-refractivity contribution in [1.82, 2.24) is 24.7 Å². The van der Waals surface area contributed by atoms with Crippen molar-refractivity contribution in [2.75, 3.05) is 0 Å². The highest BCUT2D eigenvalue weighted by Crippen LogP contribution is 2.21. The van der Waals surface area contributed by atoms with E-state index in [-0.39, 0.29) is 6.10 Å². The Bertz CT molecular complexity index is 1050. The van der Waals surface area contributed by atoms with Gasteiger partial charge in [0.1, 0.15) is 18.8 Å². The lowest BCUT2D eigenvalue weighted by Crippen LogP contribution is -2.09. The van der Waals surface area contributed by atoms with E-state index in [0.717, 1.165) is 16.8 Å². The molecule has 0 aliphatic rings. The zero-order valence-electron chi connectivity index (χ0n) is 14.0. The summed E-state index contributed by atoms with van der Waals surface area (Å²) in [4.78, 5) is 24.8. The third kappa shape index (κ3) is 3.14. The van der Waals surface area contributed by atoms with Crippen molar-refractivity contribution >= 4 is 17.0 Å². The second-order valence-corrected chi connectivity index (χ2v) is 5.74. The Hall–Kier alpha value is -3.61. The van der Waals surface area contributed by atoms with Gasteiger partial charge < -0.3 is 4.74 Å². The van der Waals surface area contributed by atoms with Crippen LogP contribution in [0.25, 0.3) is 16.7 Å². The topological polar surface area (TPSA) is 82.8 Å². The Morgan fingerprint density at radius 2 is 1.81 bits per heavy atom. The molecule has 0 fully saturated rings. The van der Waals surface area contributed by atoms with Gasteiger partial charge in [0.05, 0.1) is 22.3 Å². The number of hydrogen-bond donors (Lipinski definition) is 0. The minimum absolute atomic E-state index is 0.384. The molecule has 1 atom stereocenters. The molecular formula is C19H15N5O2. The molecule has 0 saturated carbocycles. The Balaban J connectivity index is 1.49. The molecule has 0 unspecified atom stereocenters. The van der Waals surface area contributed by atoms with Crippen molar-refractivity contribution in [3.63, 3.8) is 0 Å². The van der Waals surface area contributed by atoms with Gasteiger partial charge in [0.25, 0.3) is 0 Å². The largest absolute Gasteiger partial charge is 0.454 e. The molecule has 7 heteroatoms. The van der Waals surface area contributed by atoms with Crippen LogP contribution >= 0.6 is 0 Å². The van der Waals surface area contributed by atoms with Gasteiger partial charge in [0, 0.05) is 12.4 Å². The van der Waals surface area contributed by atoms with E-state index in [1.165, 1.54) is 6.33 Å². The van der Waals surface area contributed by atoms with Crippen LogP contribution in [-0.4, -0.2) is 30.7 Å². The fourth-order valence-corrected chi connectivity index (χ4v) is 2.63. The molecule has 4 rings (SSSR count). The molecule has 128 valence electrons. The first kappa shape index (κ1) is 15.9. The van der Waals surface area contributed by atoms with Gasteiger partial charge in [-0.25, -0.2) is 14.5 Å². The third-order valence-corrected chi connectivity index (χ3v) is 4.03. The van der Waals surface area contributed by atoms with Crippen molar-refractivity contribution in [1.29, 1.82) is 0 Å². The van der Waals surface area contributed by atoms with E-state index in [4.69, 9.17) is 4.74 Å². The number of ether oxygens (including phenoxy) is 1. The normalized spacial score (nSPS) is 12.0. The second-order valence-electron chi connectivity index (χ2n) is 5.74. The predicted molar refractivity (Wildman–Crippen MR) is 94.7 cm³/mol. The van der Waals surface area contributed by atoms with Crippen LogP contribution in [0.1, 0.15) is 28.9 Å². The monoisotopic (exact) mass is 345 g/mol. The third-order valence-electron chi connectivity index (χ3n) is 4.03. The van der Waals surface area contributed by atoms with Crippen LogP contribution in [0, 0.1) is 0 Å². The van der Waals surface area contributed by atoms with Crippen molar-refractivity contribution < 1.29 is 9.53 Å². The molecule has 0 N–H and O–H groups in total. The van der Waals surface area contributed by atoms with Gasteiger partial charge >= 0.3 is 5.97 Å². The molecule has 26 heavy (non-hydrogen) atoms. The molecule has 0 bridgehead atoms. The molecule has 7 nitrogen and oxygen atoms in total. The van der Waals surface area contributed by atoms with Gasteiger partial charge in [-0.2, -0.15) is 5.10 Å². The summed E-state index contributed by atoms with van der Waals surface area (Å²) in [6.07, 6.45) is 5.93. The summed E-state index contributed by atoms with van der Waals surface area (Å²) in [6, 6.07) is 12.8. The lowest BCUT2D eigenvalue weighted by Gasteiger charge is -2.14. The molecule has 4 aromatic rings. The zero-order chi connectivity index (χ0) is 17.9. The number of rotatable bonds is 4. The summed E-state index contributed by atoms with van der Waals surface area (Å²) in [5.74, 6) is -0.398. The van der Waals surface area contributed by atoms with Gasteiger partial charge in [0.2, 0.25) is 0 Å². The van der Waals surface area contributed by atoms with Crippen molar-refractivity contribution in [3.8, 4) is 5.69 Å². The van der Waals surface area contributed by atoms with Crippen LogP contribution in [0.4, 0.5) is 0 Å². The van der Waals surface area contributed by atoms with E-state index in [1.807, 2.05) is 31.2 Å². The van der Waals surface area contributed by atoms with Crippen LogP contribution in [0.3, 0.4) is 0 Å². The first-order chi connectivity index (χ1) is 12.7. The van der Waals surface area contributed by atoms with Gasteiger partial charge in [-0.3, -0.25) is 9.97 Å². The van der Waals surface area contributed by atoms with Crippen LogP contribution in [0.2, 0.25) is 0 Å².